The molecule has 1 aliphatic carbocycles. The monoisotopic (exact) mass is 309 g/mol. The van der Waals surface area contributed by atoms with Crippen LogP contribution in [0.1, 0.15) is 35.1 Å². The Morgan fingerprint density at radius 3 is 3.11 bits per heavy atom. The number of amides is 1. The molecule has 1 aliphatic rings. The quantitative estimate of drug-likeness (QED) is 0.944. The highest BCUT2D eigenvalue weighted by molar-refractivity contribution is 9.10. The van der Waals surface area contributed by atoms with Crippen molar-refractivity contribution < 1.29 is 9.32 Å². The lowest BCUT2D eigenvalue weighted by atomic mass is 10.3. The molecule has 0 bridgehead atoms. The van der Waals surface area contributed by atoms with E-state index in [9.17, 15) is 4.79 Å². The van der Waals surface area contributed by atoms with Gasteiger partial charge in [-0.05, 0) is 34.8 Å². The van der Waals surface area contributed by atoms with Crippen molar-refractivity contribution >= 4 is 21.8 Å². The summed E-state index contributed by atoms with van der Waals surface area (Å²) in [5.41, 5.74) is 1.40. The van der Waals surface area contributed by atoms with Gasteiger partial charge in [-0.2, -0.15) is 0 Å². The van der Waals surface area contributed by atoms with Crippen LogP contribution in [0.3, 0.4) is 0 Å². The first kappa shape index (κ1) is 11.5. The van der Waals surface area contributed by atoms with E-state index in [0.29, 0.717) is 24.0 Å². The molecule has 0 unspecified atom stereocenters. The molecule has 2 aromatic rings. The zero-order valence-electron chi connectivity index (χ0n) is 9.60. The van der Waals surface area contributed by atoms with E-state index in [0.717, 1.165) is 17.3 Å². The average Bonchev–Trinajstić information content (AvgIpc) is 2.92. The average molecular weight is 310 g/mol. The predicted octanol–water partition coefficient (Wildman–Crippen LogP) is 2.50. The van der Waals surface area contributed by atoms with Crippen LogP contribution in [0.15, 0.2) is 33.6 Å². The van der Waals surface area contributed by atoms with Gasteiger partial charge in [-0.15, -0.1) is 0 Å². The number of rotatable bonds is 4. The van der Waals surface area contributed by atoms with Gasteiger partial charge in [0.25, 0.3) is 5.91 Å². The molecule has 0 atom stereocenters. The summed E-state index contributed by atoms with van der Waals surface area (Å²) in [5.74, 6) is -0.0874. The second kappa shape index (κ2) is 4.61. The van der Waals surface area contributed by atoms with Crippen molar-refractivity contribution in [2.45, 2.75) is 25.4 Å². The highest BCUT2D eigenvalue weighted by Crippen LogP contribution is 2.37. The molecule has 0 saturated heterocycles. The summed E-state index contributed by atoms with van der Waals surface area (Å²) in [7, 11) is 0. The maximum atomic E-state index is 12.1. The first-order chi connectivity index (χ1) is 8.74. The molecule has 0 radical (unpaired) electrons. The fourth-order valence-electron chi connectivity index (χ4n) is 1.87. The largest absolute Gasteiger partial charge is 0.364 e. The Hall–Kier alpha value is -1.56. The molecule has 3 rings (SSSR count). The van der Waals surface area contributed by atoms with Crippen LogP contribution in [0, 0.1) is 0 Å². The van der Waals surface area contributed by atoms with Gasteiger partial charge in [-0.3, -0.25) is 4.79 Å². The second-order valence-electron chi connectivity index (χ2n) is 4.36. The Morgan fingerprint density at radius 2 is 2.44 bits per heavy atom. The van der Waals surface area contributed by atoms with Crippen molar-refractivity contribution in [3.8, 4) is 0 Å². The van der Waals surface area contributed by atoms with Crippen LogP contribution in [0.25, 0.3) is 0 Å². The summed E-state index contributed by atoms with van der Waals surface area (Å²) in [6.07, 6.45) is 5.74. The third-order valence-electron chi connectivity index (χ3n) is 2.91. The molecule has 18 heavy (non-hydrogen) atoms. The normalized spacial score (nSPS) is 14.7. The lowest BCUT2D eigenvalue weighted by Gasteiger charge is -2.07. The van der Waals surface area contributed by atoms with Crippen LogP contribution in [-0.2, 0) is 6.54 Å². The number of carbonyl (C=O) groups is 1. The van der Waals surface area contributed by atoms with Gasteiger partial charge in [-0.1, -0.05) is 5.16 Å². The van der Waals surface area contributed by atoms with Crippen LogP contribution in [0.2, 0.25) is 0 Å². The fourth-order valence-corrected chi connectivity index (χ4v) is 2.31. The number of hydrogen-bond donors (Lipinski definition) is 1. The summed E-state index contributed by atoms with van der Waals surface area (Å²) in [5, 5.41) is 6.59. The first-order valence-corrected chi connectivity index (χ1v) is 6.58. The van der Waals surface area contributed by atoms with Crippen molar-refractivity contribution in [3.63, 3.8) is 0 Å². The van der Waals surface area contributed by atoms with E-state index in [4.69, 9.17) is 4.52 Å². The Bertz CT molecular complexity index is 558. The molecule has 1 saturated carbocycles. The summed E-state index contributed by atoms with van der Waals surface area (Å²) in [6, 6.07) is 4.05. The number of halogens is 1. The van der Waals surface area contributed by atoms with Gasteiger partial charge in [0.2, 0.25) is 0 Å². The minimum atomic E-state index is -0.0874. The Balaban J connectivity index is 1.71. The molecule has 2 heterocycles. The third kappa shape index (κ3) is 2.33. The Morgan fingerprint density at radius 1 is 1.61 bits per heavy atom. The Kier molecular flexibility index (Phi) is 2.95. The molecule has 0 aromatic carbocycles. The van der Waals surface area contributed by atoms with Crippen molar-refractivity contribution in [3.05, 3.63) is 40.5 Å². The van der Waals surface area contributed by atoms with E-state index in [-0.39, 0.29) is 5.91 Å². The van der Waals surface area contributed by atoms with Crippen molar-refractivity contribution in [2.24, 2.45) is 0 Å². The predicted molar refractivity (Wildman–Crippen MR) is 68.1 cm³/mol. The van der Waals surface area contributed by atoms with Gasteiger partial charge >= 0.3 is 0 Å². The molecule has 0 aliphatic heterocycles. The Labute approximate surface area is 112 Å². The fraction of sp³-hybridized carbons (Fsp3) is 0.333. The van der Waals surface area contributed by atoms with E-state index < -0.39 is 0 Å². The van der Waals surface area contributed by atoms with Gasteiger partial charge in [-0.25, -0.2) is 0 Å². The number of nitrogens with zero attached hydrogens (tertiary/aromatic N) is 2. The molecular weight excluding hydrogens is 298 g/mol. The van der Waals surface area contributed by atoms with Crippen LogP contribution >= 0.6 is 15.9 Å². The minimum Gasteiger partial charge on any atom is -0.364 e. The van der Waals surface area contributed by atoms with Gasteiger partial charge in [0, 0.05) is 22.8 Å². The lowest BCUT2D eigenvalue weighted by molar-refractivity contribution is 0.0940. The number of hydrogen-bond acceptors (Lipinski definition) is 3. The van der Waals surface area contributed by atoms with Gasteiger partial charge < -0.3 is 14.4 Å². The van der Waals surface area contributed by atoms with Crippen molar-refractivity contribution in [1.29, 1.82) is 0 Å². The molecule has 2 aromatic heterocycles. The lowest BCUT2D eigenvalue weighted by Crippen LogP contribution is -2.25. The summed E-state index contributed by atoms with van der Waals surface area (Å²) < 4.78 is 7.68. The zero-order valence-corrected chi connectivity index (χ0v) is 11.2. The topological polar surface area (TPSA) is 60.1 Å². The van der Waals surface area contributed by atoms with Crippen molar-refractivity contribution in [2.75, 3.05) is 0 Å². The van der Waals surface area contributed by atoms with Gasteiger partial charge in [0.05, 0.1) is 6.54 Å². The second-order valence-corrected chi connectivity index (χ2v) is 5.27. The van der Waals surface area contributed by atoms with Crippen LogP contribution in [0.4, 0.5) is 0 Å². The smallest absolute Gasteiger partial charge is 0.268 e. The summed E-state index contributed by atoms with van der Waals surface area (Å²) >= 11 is 3.41. The van der Waals surface area contributed by atoms with E-state index in [1.165, 1.54) is 6.26 Å². The third-order valence-corrected chi connectivity index (χ3v) is 3.34. The zero-order chi connectivity index (χ0) is 12.5. The highest BCUT2D eigenvalue weighted by Gasteiger charge is 2.27. The standard InChI is InChI=1S/C12H12BrN3O2/c13-8-5-11(16(7-8)10-1-2-10)12(17)14-6-9-3-4-18-15-9/h3-5,7,10H,1-2,6H2,(H,14,17). The number of nitrogens with one attached hydrogen (secondary N) is 1. The maximum Gasteiger partial charge on any atom is 0.268 e. The molecule has 1 amide bonds. The molecule has 6 heteroatoms. The molecule has 94 valence electrons. The maximum absolute atomic E-state index is 12.1. The molecule has 5 nitrogen and oxygen atoms in total. The molecular formula is C12H12BrN3O2. The number of aromatic nitrogens is 2. The van der Waals surface area contributed by atoms with Crippen molar-refractivity contribution in [1.82, 2.24) is 15.0 Å². The van der Waals surface area contributed by atoms with E-state index in [2.05, 4.69) is 26.4 Å². The van der Waals surface area contributed by atoms with E-state index >= 15 is 0 Å². The summed E-state index contributed by atoms with van der Waals surface area (Å²) in [6.45, 7) is 0.378. The van der Waals surface area contributed by atoms with E-state index in [1.807, 2.05) is 16.8 Å². The van der Waals surface area contributed by atoms with Gasteiger partial charge in [0.1, 0.15) is 17.7 Å². The molecule has 1 N–H and O–H groups in total. The minimum absolute atomic E-state index is 0.0874. The summed E-state index contributed by atoms with van der Waals surface area (Å²) in [4.78, 5) is 12.1. The SMILES string of the molecule is O=C(NCc1ccon1)c1cc(Br)cn1C1CC1. The highest BCUT2D eigenvalue weighted by atomic mass is 79.9. The van der Waals surface area contributed by atoms with Gasteiger partial charge in [0.15, 0.2) is 0 Å². The van der Waals surface area contributed by atoms with Crippen LogP contribution in [-0.4, -0.2) is 15.6 Å². The number of carbonyl (C=O) groups excluding carboxylic acids is 1. The first-order valence-electron chi connectivity index (χ1n) is 5.79. The van der Waals surface area contributed by atoms with Crippen LogP contribution < -0.4 is 5.32 Å². The van der Waals surface area contributed by atoms with E-state index in [1.54, 1.807) is 6.07 Å². The van der Waals surface area contributed by atoms with Crippen LogP contribution in [0.5, 0.6) is 0 Å². The molecule has 1 fully saturated rings. The molecule has 0 spiro atoms.